The van der Waals surface area contributed by atoms with E-state index in [0.29, 0.717) is 6.42 Å². The Kier molecular flexibility index (Phi) is 11.6. The summed E-state index contributed by atoms with van der Waals surface area (Å²) in [5.74, 6) is -5.73. The van der Waals surface area contributed by atoms with Crippen LogP contribution in [0.5, 0.6) is 0 Å². The van der Waals surface area contributed by atoms with Crippen LogP contribution in [0.4, 0.5) is 13.6 Å². The molecule has 10 nitrogen and oxygen atoms in total. The van der Waals surface area contributed by atoms with Crippen LogP contribution in [0, 0.1) is 5.92 Å². The lowest BCUT2D eigenvalue weighted by Gasteiger charge is -2.25. The molecule has 4 N–H and O–H groups in total. The largest absolute Gasteiger partial charge is 0.475 e. The third-order valence-electron chi connectivity index (χ3n) is 4.99. The molecule has 1 aromatic carbocycles. The van der Waals surface area contributed by atoms with Gasteiger partial charge in [0.15, 0.2) is 0 Å². The van der Waals surface area contributed by atoms with Crippen molar-refractivity contribution in [3.8, 4) is 0 Å². The fourth-order valence-electron chi connectivity index (χ4n) is 2.82. The van der Waals surface area contributed by atoms with E-state index in [-0.39, 0.29) is 12.5 Å². The molecule has 1 rings (SSSR count). The van der Waals surface area contributed by atoms with E-state index >= 15 is 0 Å². The van der Waals surface area contributed by atoms with Gasteiger partial charge in [0.05, 0.1) is 0 Å². The fourth-order valence-corrected chi connectivity index (χ4v) is 2.82. The molecular formula is C22H29F2N3O7. The van der Waals surface area contributed by atoms with Crippen molar-refractivity contribution in [1.82, 2.24) is 16.0 Å². The van der Waals surface area contributed by atoms with Crippen LogP contribution in [0.15, 0.2) is 30.3 Å². The van der Waals surface area contributed by atoms with E-state index in [1.54, 1.807) is 44.2 Å². The number of alkyl halides is 2. The van der Waals surface area contributed by atoms with Gasteiger partial charge < -0.3 is 25.8 Å². The normalized spacial score (nSPS) is 14.3. The maximum absolute atomic E-state index is 12.7. The number of halogens is 2. The number of carboxylic acid groups (broad SMARTS) is 1. The number of ketones is 1. The first-order chi connectivity index (χ1) is 16.0. The van der Waals surface area contributed by atoms with Gasteiger partial charge in [0.25, 0.3) is 5.78 Å². The Bertz CT molecular complexity index is 867. The van der Waals surface area contributed by atoms with Crippen molar-refractivity contribution < 1.29 is 42.6 Å². The zero-order valence-corrected chi connectivity index (χ0v) is 19.0. The Morgan fingerprint density at radius 2 is 1.59 bits per heavy atom. The lowest BCUT2D eigenvalue weighted by Crippen LogP contribution is -2.56. The molecule has 0 aliphatic heterocycles. The molecule has 34 heavy (non-hydrogen) atoms. The van der Waals surface area contributed by atoms with Crippen LogP contribution in [-0.2, 0) is 30.5 Å². The number of carbonyl (C=O) groups is 5. The van der Waals surface area contributed by atoms with E-state index in [2.05, 4.69) is 10.6 Å². The van der Waals surface area contributed by atoms with E-state index in [0.717, 1.165) is 5.56 Å². The second kappa shape index (κ2) is 13.9. The zero-order chi connectivity index (χ0) is 25.8. The number of aliphatic carboxylic acids is 1. The minimum Gasteiger partial charge on any atom is -0.475 e. The number of nitrogens with one attached hydrogen (secondary N) is 3. The Morgan fingerprint density at radius 1 is 0.971 bits per heavy atom. The number of alkyl carbamates (subject to hydrolysis) is 1. The lowest BCUT2D eigenvalue weighted by molar-refractivity contribution is -0.151. The number of hydrogen-bond donors (Lipinski definition) is 4. The lowest BCUT2D eigenvalue weighted by atomic mass is 9.98. The third kappa shape index (κ3) is 9.51. The van der Waals surface area contributed by atoms with E-state index in [1.165, 1.54) is 6.92 Å². The molecule has 0 unspecified atom stereocenters. The molecule has 0 aromatic heterocycles. The van der Waals surface area contributed by atoms with E-state index in [4.69, 9.17) is 9.84 Å². The van der Waals surface area contributed by atoms with Crippen molar-refractivity contribution in [3.63, 3.8) is 0 Å². The first-order valence-electron chi connectivity index (χ1n) is 10.6. The predicted molar refractivity (Wildman–Crippen MR) is 116 cm³/mol. The van der Waals surface area contributed by atoms with Gasteiger partial charge in [-0.05, 0) is 18.4 Å². The summed E-state index contributed by atoms with van der Waals surface area (Å²) in [5.41, 5.74) is 0.738. The van der Waals surface area contributed by atoms with Crippen LogP contribution in [0.3, 0.4) is 0 Å². The molecule has 0 heterocycles. The maximum Gasteiger partial charge on any atom is 0.408 e. The summed E-state index contributed by atoms with van der Waals surface area (Å²) in [4.78, 5) is 59.7. The molecule has 0 saturated carbocycles. The molecule has 0 aliphatic rings. The highest BCUT2D eigenvalue weighted by Crippen LogP contribution is 2.10. The van der Waals surface area contributed by atoms with Gasteiger partial charge >= 0.3 is 12.1 Å². The van der Waals surface area contributed by atoms with Crippen molar-refractivity contribution in [3.05, 3.63) is 35.9 Å². The number of benzene rings is 1. The molecule has 0 spiro atoms. The summed E-state index contributed by atoms with van der Waals surface area (Å²) in [7, 11) is 0. The molecule has 0 saturated heterocycles. The highest BCUT2D eigenvalue weighted by atomic mass is 19.3. The summed E-state index contributed by atoms with van der Waals surface area (Å²) in [6.45, 7) is 4.67. The van der Waals surface area contributed by atoms with Gasteiger partial charge in [-0.15, -0.1) is 0 Å². The molecule has 3 amide bonds. The quantitative estimate of drug-likeness (QED) is 0.310. The average Bonchev–Trinajstić information content (AvgIpc) is 2.79. The number of carbonyl (C=O) groups excluding carboxylic acids is 4. The minimum absolute atomic E-state index is 0.0243. The molecule has 1 aromatic rings. The van der Waals surface area contributed by atoms with Crippen molar-refractivity contribution in [2.24, 2.45) is 5.92 Å². The van der Waals surface area contributed by atoms with Crippen LogP contribution in [0.25, 0.3) is 0 Å². The number of rotatable bonds is 13. The van der Waals surface area contributed by atoms with Crippen molar-refractivity contribution in [2.75, 3.05) is 0 Å². The topological polar surface area (TPSA) is 151 Å². The van der Waals surface area contributed by atoms with Crippen LogP contribution in [0.1, 0.15) is 39.2 Å². The summed E-state index contributed by atoms with van der Waals surface area (Å²) in [5, 5.41) is 15.5. The van der Waals surface area contributed by atoms with Crippen molar-refractivity contribution in [2.45, 2.75) is 64.8 Å². The summed E-state index contributed by atoms with van der Waals surface area (Å²) in [6, 6.07) is 4.50. The highest BCUT2D eigenvalue weighted by Gasteiger charge is 2.33. The van der Waals surface area contributed by atoms with Gasteiger partial charge in [0.2, 0.25) is 18.2 Å². The minimum atomic E-state index is -3.04. The fraction of sp³-hybridized carbons (Fsp3) is 0.500. The summed E-state index contributed by atoms with van der Waals surface area (Å²) < 4.78 is 30.5. The predicted octanol–water partition coefficient (Wildman–Crippen LogP) is 1.63. The molecule has 0 fully saturated rings. The Morgan fingerprint density at radius 3 is 2.12 bits per heavy atom. The molecule has 0 radical (unpaired) electrons. The molecular weight excluding hydrogens is 456 g/mol. The van der Waals surface area contributed by atoms with Crippen LogP contribution < -0.4 is 16.0 Å². The van der Waals surface area contributed by atoms with Crippen LogP contribution >= 0.6 is 0 Å². The Labute approximate surface area is 195 Å². The van der Waals surface area contributed by atoms with Gasteiger partial charge in [-0.25, -0.2) is 18.4 Å². The maximum atomic E-state index is 12.7. The zero-order valence-electron chi connectivity index (χ0n) is 19.0. The van der Waals surface area contributed by atoms with Gasteiger partial charge in [-0.3, -0.25) is 14.4 Å². The van der Waals surface area contributed by atoms with Crippen LogP contribution in [0.2, 0.25) is 0 Å². The molecule has 0 bridgehead atoms. The highest BCUT2D eigenvalue weighted by molar-refractivity contribution is 6.35. The molecule has 12 heteroatoms. The Balaban J connectivity index is 2.77. The van der Waals surface area contributed by atoms with Gasteiger partial charge in [0.1, 0.15) is 24.7 Å². The standard InChI is InChI=1S/C22H29F2N3O7/c1-4-12(2)17(27-22(33)34-11-14-8-6-5-7-9-14)20(30)25-13(3)19(29)26-15(10-16(23)24)18(28)21(31)32/h5-9,12-13,15-17H,4,10-11H2,1-3H3,(H,25,30)(H,26,29)(H,27,33)(H,31,32)/t12-,13-,15-,17-/m0/s1. The first-order valence-corrected chi connectivity index (χ1v) is 10.6. The van der Waals surface area contributed by atoms with Crippen molar-refractivity contribution >= 4 is 29.7 Å². The number of Topliss-reactive ketones (excluding diaryl/α,β-unsaturated/α-hetero) is 1. The summed E-state index contributed by atoms with van der Waals surface area (Å²) in [6.07, 6.45) is -4.60. The number of carboxylic acids is 1. The van der Waals surface area contributed by atoms with E-state index in [9.17, 15) is 32.8 Å². The van der Waals surface area contributed by atoms with Crippen LogP contribution in [-0.4, -0.2) is 59.3 Å². The van der Waals surface area contributed by atoms with Gasteiger partial charge in [0, 0.05) is 6.42 Å². The second-order valence-electron chi connectivity index (χ2n) is 7.66. The Hall–Kier alpha value is -3.57. The molecule has 4 atom stereocenters. The summed E-state index contributed by atoms with van der Waals surface area (Å²) >= 11 is 0. The second-order valence-corrected chi connectivity index (χ2v) is 7.66. The molecule has 0 aliphatic carbocycles. The smallest absolute Gasteiger partial charge is 0.408 e. The number of amides is 3. The van der Waals surface area contributed by atoms with Crippen molar-refractivity contribution in [1.29, 1.82) is 0 Å². The number of hydrogen-bond acceptors (Lipinski definition) is 6. The SMILES string of the molecule is CC[C@H](C)[C@H](NC(=O)OCc1ccccc1)C(=O)N[C@@H](C)C(=O)N[C@@H](CC(F)F)C(=O)C(=O)O. The molecule has 188 valence electrons. The average molecular weight is 485 g/mol. The van der Waals surface area contributed by atoms with E-state index < -0.39 is 60.6 Å². The number of ether oxygens (including phenoxy) is 1. The van der Waals surface area contributed by atoms with Gasteiger partial charge in [-0.2, -0.15) is 0 Å². The first kappa shape index (κ1) is 28.5. The van der Waals surface area contributed by atoms with E-state index in [1.807, 2.05) is 5.32 Å². The third-order valence-corrected chi connectivity index (χ3v) is 4.99. The monoisotopic (exact) mass is 485 g/mol. The van der Waals surface area contributed by atoms with Gasteiger partial charge in [-0.1, -0.05) is 50.6 Å².